The fourth-order valence-electron chi connectivity index (χ4n) is 3.31. The number of carbonyl (C=O) groups is 1. The van der Waals surface area contributed by atoms with Crippen molar-refractivity contribution in [1.29, 1.82) is 0 Å². The van der Waals surface area contributed by atoms with Gasteiger partial charge in [0.05, 0.1) is 5.54 Å². The average molecular weight is 408 g/mol. The third-order valence-corrected chi connectivity index (χ3v) is 4.66. The molecule has 1 saturated heterocycles. The van der Waals surface area contributed by atoms with E-state index in [4.69, 9.17) is 5.73 Å². The minimum Gasteiger partial charge on any atom is -0.339 e. The molecule has 1 fully saturated rings. The zero-order chi connectivity index (χ0) is 17.9. The molecule has 1 aromatic rings. The molecule has 0 aliphatic carbocycles. The summed E-state index contributed by atoms with van der Waals surface area (Å²) in [7, 11) is 0. The summed E-state index contributed by atoms with van der Waals surface area (Å²) in [5.41, 5.74) is 6.27. The molecular weight excluding hydrogens is 376 g/mol. The summed E-state index contributed by atoms with van der Waals surface area (Å²) in [6.45, 7) is 11.0. The van der Waals surface area contributed by atoms with Crippen molar-refractivity contribution in [2.75, 3.05) is 19.6 Å². The lowest BCUT2D eigenvalue weighted by atomic mass is 9.99. The second kappa shape index (κ2) is 10.5. The van der Waals surface area contributed by atoms with Gasteiger partial charge < -0.3 is 10.6 Å². The molecule has 0 aromatic heterocycles. The number of hydrogen-bond donors (Lipinski definition) is 1. The molecule has 0 spiro atoms. The van der Waals surface area contributed by atoms with Crippen molar-refractivity contribution in [3.63, 3.8) is 0 Å². The van der Waals surface area contributed by atoms with Crippen LogP contribution in [0, 0.1) is 11.7 Å². The molecule has 1 unspecified atom stereocenters. The molecule has 7 heteroatoms. The number of halogens is 3. The van der Waals surface area contributed by atoms with Crippen molar-refractivity contribution in [1.82, 2.24) is 9.80 Å². The van der Waals surface area contributed by atoms with Crippen LogP contribution in [-0.4, -0.2) is 46.9 Å². The fraction of sp³-hybridized carbons (Fsp3) is 0.632. The Hall–Kier alpha value is -0.880. The van der Waals surface area contributed by atoms with Gasteiger partial charge in [0.15, 0.2) is 0 Å². The maximum atomic E-state index is 13.1. The highest BCUT2D eigenvalue weighted by Crippen LogP contribution is 2.21. The average Bonchev–Trinajstić information content (AvgIpc) is 2.70. The maximum absolute atomic E-state index is 13.1. The summed E-state index contributed by atoms with van der Waals surface area (Å²) in [5, 5.41) is 0. The van der Waals surface area contributed by atoms with Gasteiger partial charge in [-0.2, -0.15) is 0 Å². The van der Waals surface area contributed by atoms with Gasteiger partial charge >= 0.3 is 0 Å². The molecule has 2 N–H and O–H groups in total. The normalized spacial score (nSPS) is 18.7. The van der Waals surface area contributed by atoms with Crippen LogP contribution in [-0.2, 0) is 11.3 Å². The van der Waals surface area contributed by atoms with Crippen LogP contribution in [0.5, 0.6) is 0 Å². The summed E-state index contributed by atoms with van der Waals surface area (Å²) in [4.78, 5) is 16.9. The first kappa shape index (κ1) is 25.1. The lowest BCUT2D eigenvalue weighted by Gasteiger charge is -2.36. The van der Waals surface area contributed by atoms with Gasteiger partial charge in [-0.15, -0.1) is 24.8 Å². The Morgan fingerprint density at radius 2 is 1.81 bits per heavy atom. The van der Waals surface area contributed by atoms with Crippen LogP contribution in [0.3, 0.4) is 0 Å². The van der Waals surface area contributed by atoms with Crippen molar-refractivity contribution >= 4 is 30.7 Å². The van der Waals surface area contributed by atoms with Crippen LogP contribution in [0.25, 0.3) is 0 Å². The number of nitrogens with zero attached hydrogens (tertiary/aromatic N) is 2. The minimum absolute atomic E-state index is 0. The molecule has 2 rings (SSSR count). The van der Waals surface area contributed by atoms with E-state index < -0.39 is 5.54 Å². The summed E-state index contributed by atoms with van der Waals surface area (Å²) in [6, 6.07) is 6.95. The topological polar surface area (TPSA) is 49.6 Å². The van der Waals surface area contributed by atoms with Crippen molar-refractivity contribution in [2.24, 2.45) is 11.7 Å². The van der Waals surface area contributed by atoms with Gasteiger partial charge in [0.25, 0.3) is 0 Å². The number of benzene rings is 1. The van der Waals surface area contributed by atoms with E-state index in [1.807, 2.05) is 17.0 Å². The van der Waals surface area contributed by atoms with Gasteiger partial charge in [-0.05, 0) is 43.9 Å². The highest BCUT2D eigenvalue weighted by atomic mass is 35.5. The second-order valence-corrected chi connectivity index (χ2v) is 7.73. The van der Waals surface area contributed by atoms with E-state index in [9.17, 15) is 9.18 Å². The first-order valence-electron chi connectivity index (χ1n) is 8.75. The Morgan fingerprint density at radius 1 is 1.23 bits per heavy atom. The smallest absolute Gasteiger partial charge is 0.242 e. The van der Waals surface area contributed by atoms with Crippen molar-refractivity contribution in [3.8, 4) is 0 Å². The Labute approximate surface area is 169 Å². The van der Waals surface area contributed by atoms with E-state index in [2.05, 4.69) is 18.7 Å². The van der Waals surface area contributed by atoms with Crippen LogP contribution < -0.4 is 5.73 Å². The first-order valence-corrected chi connectivity index (χ1v) is 8.75. The van der Waals surface area contributed by atoms with Crippen LogP contribution in [0.15, 0.2) is 24.3 Å². The molecular formula is C19H32Cl2FN3O. The van der Waals surface area contributed by atoms with Crippen molar-refractivity contribution < 1.29 is 9.18 Å². The van der Waals surface area contributed by atoms with Crippen molar-refractivity contribution in [3.05, 3.63) is 35.6 Å². The number of amides is 1. The van der Waals surface area contributed by atoms with Crippen molar-refractivity contribution in [2.45, 2.75) is 52.2 Å². The molecule has 0 bridgehead atoms. The van der Waals surface area contributed by atoms with Gasteiger partial charge in [-0.25, -0.2) is 4.39 Å². The Bertz CT molecular complexity index is 561. The Kier molecular flexibility index (Phi) is 10.1. The van der Waals surface area contributed by atoms with E-state index in [1.54, 1.807) is 13.8 Å². The minimum atomic E-state index is -0.840. The van der Waals surface area contributed by atoms with Crippen LogP contribution in [0.2, 0.25) is 0 Å². The molecule has 1 aromatic carbocycles. The van der Waals surface area contributed by atoms with Crippen LogP contribution >= 0.6 is 24.8 Å². The molecule has 1 heterocycles. The zero-order valence-electron chi connectivity index (χ0n) is 16.1. The summed E-state index contributed by atoms with van der Waals surface area (Å²) in [6.07, 6.45) is 0.923. The van der Waals surface area contributed by atoms with E-state index in [1.165, 1.54) is 12.1 Å². The third-order valence-electron chi connectivity index (χ3n) is 4.66. The largest absolute Gasteiger partial charge is 0.339 e. The first-order chi connectivity index (χ1) is 11.2. The number of nitrogens with two attached hydrogens (primary N) is 1. The van der Waals surface area contributed by atoms with Crippen LogP contribution in [0.4, 0.5) is 4.39 Å². The van der Waals surface area contributed by atoms with E-state index >= 15 is 0 Å². The highest BCUT2D eigenvalue weighted by Gasteiger charge is 2.33. The molecule has 1 amide bonds. The van der Waals surface area contributed by atoms with E-state index in [0.29, 0.717) is 12.5 Å². The molecule has 1 atom stereocenters. The monoisotopic (exact) mass is 407 g/mol. The zero-order valence-corrected chi connectivity index (χ0v) is 17.7. The van der Waals surface area contributed by atoms with Gasteiger partial charge in [0.1, 0.15) is 5.82 Å². The predicted molar refractivity (Wildman–Crippen MR) is 109 cm³/mol. The number of hydrogen-bond acceptors (Lipinski definition) is 3. The number of rotatable bonds is 4. The lowest BCUT2D eigenvalue weighted by Crippen LogP contribution is -2.54. The molecule has 0 saturated carbocycles. The maximum Gasteiger partial charge on any atom is 0.242 e. The summed E-state index contributed by atoms with van der Waals surface area (Å²) >= 11 is 0. The van der Waals surface area contributed by atoms with E-state index in [0.717, 1.165) is 31.6 Å². The molecule has 0 radical (unpaired) electrons. The van der Waals surface area contributed by atoms with Crippen LogP contribution in [0.1, 0.15) is 39.7 Å². The van der Waals surface area contributed by atoms with Gasteiger partial charge in [0, 0.05) is 32.2 Å². The number of carbonyl (C=O) groups excluding carboxylic acids is 1. The summed E-state index contributed by atoms with van der Waals surface area (Å²) in [5.74, 6) is 0.216. The Morgan fingerprint density at radius 3 is 2.31 bits per heavy atom. The fourth-order valence-corrected chi connectivity index (χ4v) is 3.31. The molecule has 150 valence electrons. The summed E-state index contributed by atoms with van der Waals surface area (Å²) < 4.78 is 13.1. The quantitative estimate of drug-likeness (QED) is 0.830. The third kappa shape index (κ3) is 6.69. The molecule has 1 aliphatic heterocycles. The lowest BCUT2D eigenvalue weighted by molar-refractivity contribution is -0.136. The molecule has 4 nitrogen and oxygen atoms in total. The highest BCUT2D eigenvalue weighted by molar-refractivity contribution is 5.86. The predicted octanol–water partition coefficient (Wildman–Crippen LogP) is 3.47. The van der Waals surface area contributed by atoms with Gasteiger partial charge in [-0.3, -0.25) is 9.69 Å². The second-order valence-electron chi connectivity index (χ2n) is 7.73. The molecule has 26 heavy (non-hydrogen) atoms. The standard InChI is InChI=1S/C19H30FN3O.2ClH/c1-14(2)17-13-23(18(24)19(3,4)21)11-5-10-22(17)12-15-6-8-16(20)9-7-15;;/h6-9,14,17H,5,10-13,21H2,1-4H3;2*1H. The molecule has 1 aliphatic rings. The van der Waals surface area contributed by atoms with Gasteiger partial charge in [-0.1, -0.05) is 26.0 Å². The SMILES string of the molecule is CC(C)C1CN(C(=O)C(C)(C)N)CCCN1Cc1ccc(F)cc1.Cl.Cl. The van der Waals surface area contributed by atoms with E-state index in [-0.39, 0.29) is 42.6 Å². The Balaban J connectivity index is 0.00000312. The van der Waals surface area contributed by atoms with Gasteiger partial charge in [0.2, 0.25) is 5.91 Å².